The second-order valence-electron chi connectivity index (χ2n) is 4.57. The molecule has 1 aliphatic heterocycles. The van der Waals surface area contributed by atoms with Gasteiger partial charge in [-0.1, -0.05) is 35.0 Å². The Kier molecular flexibility index (Phi) is 4.38. The molecular weight excluding hydrogens is 329 g/mol. The Bertz CT molecular complexity index is 679. The lowest BCUT2D eigenvalue weighted by Crippen LogP contribution is -1.97. The zero-order valence-electron chi connectivity index (χ0n) is 11.1. The zero-order valence-corrected chi connectivity index (χ0v) is 13.4. The Hall–Kier alpha value is -1.23. The van der Waals surface area contributed by atoms with Crippen LogP contribution in [0.15, 0.2) is 40.1 Å². The lowest BCUT2D eigenvalue weighted by atomic mass is 10.3. The van der Waals surface area contributed by atoms with Crippen LogP contribution in [0, 0.1) is 0 Å². The molecule has 1 heterocycles. The third kappa shape index (κ3) is 3.34. The molecule has 1 aliphatic rings. The van der Waals surface area contributed by atoms with Crippen LogP contribution in [0.4, 0.5) is 5.69 Å². The van der Waals surface area contributed by atoms with Crippen LogP contribution in [0.25, 0.3) is 0 Å². The number of rotatable bonds is 2. The summed E-state index contributed by atoms with van der Waals surface area (Å²) in [6.07, 6.45) is 0.886. The summed E-state index contributed by atoms with van der Waals surface area (Å²) in [5, 5.41) is 0.944. The van der Waals surface area contributed by atoms with E-state index in [0.29, 0.717) is 28.9 Å². The van der Waals surface area contributed by atoms with Gasteiger partial charge in [0, 0.05) is 21.9 Å². The molecule has 0 unspecified atom stereocenters. The minimum atomic E-state index is 0.456. The van der Waals surface area contributed by atoms with E-state index >= 15 is 0 Å². The summed E-state index contributed by atoms with van der Waals surface area (Å²) in [7, 11) is 0. The molecule has 0 saturated heterocycles. The zero-order chi connectivity index (χ0) is 14.8. The van der Waals surface area contributed by atoms with Crippen molar-refractivity contribution in [2.24, 2.45) is 0 Å². The molecule has 0 aliphatic carbocycles. The van der Waals surface area contributed by atoms with Gasteiger partial charge in [-0.3, -0.25) is 0 Å². The second kappa shape index (κ2) is 6.26. The van der Waals surface area contributed by atoms with Crippen LogP contribution in [0.5, 0.6) is 11.5 Å². The largest absolute Gasteiger partial charge is 0.490 e. The van der Waals surface area contributed by atoms with E-state index in [2.05, 4.69) is 0 Å². The van der Waals surface area contributed by atoms with Gasteiger partial charge < -0.3 is 15.2 Å². The molecule has 6 heteroatoms. The number of hydrogen-bond acceptors (Lipinski definition) is 4. The molecule has 0 radical (unpaired) electrons. The van der Waals surface area contributed by atoms with Crippen molar-refractivity contribution in [2.75, 3.05) is 18.9 Å². The average Bonchev–Trinajstić information content (AvgIpc) is 2.69. The van der Waals surface area contributed by atoms with E-state index < -0.39 is 0 Å². The van der Waals surface area contributed by atoms with E-state index in [0.717, 1.165) is 27.7 Å². The summed E-state index contributed by atoms with van der Waals surface area (Å²) < 4.78 is 11.3. The Balaban J connectivity index is 1.88. The highest BCUT2D eigenvalue weighted by Gasteiger charge is 2.12. The Morgan fingerprint density at radius 3 is 2.48 bits per heavy atom. The van der Waals surface area contributed by atoms with E-state index in [4.69, 9.17) is 38.4 Å². The molecule has 0 fully saturated rings. The van der Waals surface area contributed by atoms with Crippen molar-refractivity contribution in [1.29, 1.82) is 0 Å². The topological polar surface area (TPSA) is 44.5 Å². The van der Waals surface area contributed by atoms with Crippen molar-refractivity contribution >= 4 is 40.7 Å². The van der Waals surface area contributed by atoms with E-state index in [-0.39, 0.29) is 0 Å². The first-order valence-electron chi connectivity index (χ1n) is 6.45. The number of fused-ring (bicyclic) bond motifs is 1. The number of ether oxygens (including phenoxy) is 2. The minimum absolute atomic E-state index is 0.456. The van der Waals surface area contributed by atoms with E-state index in [1.807, 2.05) is 18.2 Å². The summed E-state index contributed by atoms with van der Waals surface area (Å²) in [6, 6.07) is 9.27. The highest BCUT2D eigenvalue weighted by molar-refractivity contribution is 7.99. The highest BCUT2D eigenvalue weighted by atomic mass is 35.5. The molecule has 2 aromatic rings. The lowest BCUT2D eigenvalue weighted by molar-refractivity contribution is 0.297. The third-order valence-electron chi connectivity index (χ3n) is 3.00. The number of benzene rings is 2. The summed E-state index contributed by atoms with van der Waals surface area (Å²) in [4.78, 5) is 1.86. The minimum Gasteiger partial charge on any atom is -0.490 e. The molecule has 0 aromatic heterocycles. The van der Waals surface area contributed by atoms with Crippen LogP contribution in [-0.2, 0) is 0 Å². The standard InChI is InChI=1S/C15H13Cl2NO2S/c16-10-7-12(18)15(8-11(10)17)21-9-2-3-13-14(6-9)20-5-1-4-19-13/h2-3,6-8H,1,4-5,18H2. The SMILES string of the molecule is Nc1cc(Cl)c(Cl)cc1Sc1ccc2c(c1)OCCCO2. The maximum atomic E-state index is 6.04. The fourth-order valence-corrected chi connectivity index (χ4v) is 3.28. The normalized spacial score (nSPS) is 13.8. The van der Waals surface area contributed by atoms with Crippen LogP contribution in [0.1, 0.15) is 6.42 Å². The third-order valence-corrected chi connectivity index (χ3v) is 4.78. The molecule has 2 aromatic carbocycles. The molecule has 0 saturated carbocycles. The van der Waals surface area contributed by atoms with Gasteiger partial charge in [0.05, 0.1) is 23.3 Å². The van der Waals surface area contributed by atoms with Crippen molar-refractivity contribution in [1.82, 2.24) is 0 Å². The van der Waals surface area contributed by atoms with Crippen LogP contribution in [0.3, 0.4) is 0 Å². The van der Waals surface area contributed by atoms with Gasteiger partial charge in [0.25, 0.3) is 0 Å². The number of nitrogens with two attached hydrogens (primary N) is 1. The van der Waals surface area contributed by atoms with Gasteiger partial charge in [-0.2, -0.15) is 0 Å². The summed E-state index contributed by atoms with van der Waals surface area (Å²) >= 11 is 13.5. The predicted molar refractivity (Wildman–Crippen MR) is 87.0 cm³/mol. The van der Waals surface area contributed by atoms with Gasteiger partial charge in [-0.05, 0) is 30.3 Å². The van der Waals surface area contributed by atoms with Gasteiger partial charge in [0.1, 0.15) is 0 Å². The quantitative estimate of drug-likeness (QED) is 0.790. The molecule has 21 heavy (non-hydrogen) atoms. The number of hydrogen-bond donors (Lipinski definition) is 1. The van der Waals surface area contributed by atoms with Crippen LogP contribution in [0.2, 0.25) is 10.0 Å². The average molecular weight is 342 g/mol. The number of anilines is 1. The van der Waals surface area contributed by atoms with Gasteiger partial charge >= 0.3 is 0 Å². The first kappa shape index (κ1) is 14.7. The molecule has 110 valence electrons. The predicted octanol–water partition coefficient (Wildman–Crippen LogP) is 4.89. The Morgan fingerprint density at radius 1 is 0.952 bits per heavy atom. The Morgan fingerprint density at radius 2 is 1.67 bits per heavy atom. The maximum Gasteiger partial charge on any atom is 0.162 e. The van der Waals surface area contributed by atoms with Crippen LogP contribution >= 0.6 is 35.0 Å². The van der Waals surface area contributed by atoms with Crippen molar-refractivity contribution < 1.29 is 9.47 Å². The highest BCUT2D eigenvalue weighted by Crippen LogP contribution is 2.40. The van der Waals surface area contributed by atoms with Gasteiger partial charge in [0.15, 0.2) is 11.5 Å². The molecule has 3 rings (SSSR count). The van der Waals surface area contributed by atoms with E-state index in [1.54, 1.807) is 12.1 Å². The van der Waals surface area contributed by atoms with Crippen molar-refractivity contribution in [2.45, 2.75) is 16.2 Å². The fourth-order valence-electron chi connectivity index (χ4n) is 1.97. The van der Waals surface area contributed by atoms with Crippen LogP contribution < -0.4 is 15.2 Å². The summed E-state index contributed by atoms with van der Waals surface area (Å²) in [5.41, 5.74) is 6.58. The molecule has 2 N–H and O–H groups in total. The van der Waals surface area contributed by atoms with Crippen molar-refractivity contribution in [3.8, 4) is 11.5 Å². The maximum absolute atomic E-state index is 6.04. The first-order valence-corrected chi connectivity index (χ1v) is 8.03. The lowest BCUT2D eigenvalue weighted by Gasteiger charge is -2.11. The van der Waals surface area contributed by atoms with Crippen LogP contribution in [-0.4, -0.2) is 13.2 Å². The summed E-state index contributed by atoms with van der Waals surface area (Å²) in [5.74, 6) is 1.54. The Labute approximate surface area is 137 Å². The van der Waals surface area contributed by atoms with Gasteiger partial charge in [-0.25, -0.2) is 0 Å². The smallest absolute Gasteiger partial charge is 0.162 e. The van der Waals surface area contributed by atoms with E-state index in [1.165, 1.54) is 11.8 Å². The number of halogens is 2. The monoisotopic (exact) mass is 341 g/mol. The first-order chi connectivity index (χ1) is 10.1. The molecule has 0 bridgehead atoms. The molecule has 0 spiro atoms. The van der Waals surface area contributed by atoms with Crippen molar-refractivity contribution in [3.63, 3.8) is 0 Å². The summed E-state index contributed by atoms with van der Waals surface area (Å²) in [6.45, 7) is 1.34. The molecule has 0 amide bonds. The van der Waals surface area contributed by atoms with Gasteiger partial charge in [0.2, 0.25) is 0 Å². The van der Waals surface area contributed by atoms with Gasteiger partial charge in [-0.15, -0.1) is 0 Å². The van der Waals surface area contributed by atoms with Crippen molar-refractivity contribution in [3.05, 3.63) is 40.4 Å². The molecular formula is C15H13Cl2NO2S. The van der Waals surface area contributed by atoms with E-state index in [9.17, 15) is 0 Å². The number of nitrogen functional groups attached to an aromatic ring is 1. The second-order valence-corrected chi connectivity index (χ2v) is 6.49. The molecule has 0 atom stereocenters. The molecule has 3 nitrogen and oxygen atoms in total. The fraction of sp³-hybridized carbons (Fsp3) is 0.200.